The number of ether oxygens (including phenoxy) is 1. The third-order valence-electron chi connectivity index (χ3n) is 3.49. The molecule has 128 valence electrons. The van der Waals surface area contributed by atoms with E-state index in [4.69, 9.17) is 4.74 Å². The van der Waals surface area contributed by atoms with Crippen LogP contribution in [0.5, 0.6) is 5.75 Å². The number of benzene rings is 2. The van der Waals surface area contributed by atoms with E-state index in [1.807, 2.05) is 80.4 Å². The lowest BCUT2D eigenvalue weighted by atomic mass is 10.3. The summed E-state index contributed by atoms with van der Waals surface area (Å²) in [6.07, 6.45) is 1.75. The molecule has 1 aromatic heterocycles. The lowest BCUT2D eigenvalue weighted by Gasteiger charge is -2.17. The zero-order valence-electron chi connectivity index (χ0n) is 14.5. The monoisotopic (exact) mass is 335 g/mol. The number of hydrogen-bond acceptors (Lipinski definition) is 6. The highest BCUT2D eigenvalue weighted by molar-refractivity contribution is 5.60. The second-order valence-corrected chi connectivity index (χ2v) is 5.85. The SMILES string of the molecule is CC(C)Oc1ccc(Nc2cnnc(N(C)c3ccccc3)n2)cc1. The van der Waals surface area contributed by atoms with E-state index in [1.165, 1.54) is 0 Å². The molecule has 0 aliphatic rings. The fraction of sp³-hybridized carbons (Fsp3) is 0.211. The molecule has 3 rings (SSSR count). The molecule has 0 unspecified atom stereocenters. The van der Waals surface area contributed by atoms with Crippen molar-refractivity contribution in [3.8, 4) is 5.75 Å². The number of nitrogens with one attached hydrogen (secondary N) is 1. The first kappa shape index (κ1) is 16.7. The molecule has 0 saturated heterocycles. The summed E-state index contributed by atoms with van der Waals surface area (Å²) in [5, 5.41) is 11.4. The smallest absolute Gasteiger partial charge is 0.251 e. The molecule has 0 aliphatic carbocycles. The molecule has 6 nitrogen and oxygen atoms in total. The van der Waals surface area contributed by atoms with Gasteiger partial charge in [-0.15, -0.1) is 5.10 Å². The molecule has 0 amide bonds. The molecule has 3 aromatic rings. The molecular formula is C19H21N5O. The summed E-state index contributed by atoms with van der Waals surface area (Å²) in [5.74, 6) is 1.99. The van der Waals surface area contributed by atoms with Crippen LogP contribution in [0.1, 0.15) is 13.8 Å². The fourth-order valence-corrected chi connectivity index (χ4v) is 2.30. The van der Waals surface area contributed by atoms with Gasteiger partial charge in [0, 0.05) is 18.4 Å². The maximum absolute atomic E-state index is 5.65. The molecule has 6 heteroatoms. The van der Waals surface area contributed by atoms with Crippen molar-refractivity contribution in [2.45, 2.75) is 20.0 Å². The van der Waals surface area contributed by atoms with Crippen molar-refractivity contribution in [1.29, 1.82) is 0 Å². The van der Waals surface area contributed by atoms with Crippen molar-refractivity contribution < 1.29 is 4.74 Å². The quantitative estimate of drug-likeness (QED) is 0.729. The van der Waals surface area contributed by atoms with Gasteiger partial charge in [0.15, 0.2) is 5.82 Å². The molecule has 1 N–H and O–H groups in total. The van der Waals surface area contributed by atoms with Gasteiger partial charge in [-0.3, -0.25) is 0 Å². The minimum absolute atomic E-state index is 0.154. The molecule has 1 heterocycles. The highest BCUT2D eigenvalue weighted by Gasteiger charge is 2.08. The van der Waals surface area contributed by atoms with Crippen molar-refractivity contribution in [2.24, 2.45) is 0 Å². The number of aromatic nitrogens is 3. The van der Waals surface area contributed by atoms with Crippen LogP contribution < -0.4 is 15.0 Å². The third kappa shape index (κ3) is 4.44. The lowest BCUT2D eigenvalue weighted by molar-refractivity contribution is 0.242. The molecule has 0 radical (unpaired) electrons. The Bertz CT molecular complexity index is 806. The Hall–Kier alpha value is -3.15. The van der Waals surface area contributed by atoms with Crippen LogP contribution in [0.15, 0.2) is 60.8 Å². The summed E-state index contributed by atoms with van der Waals surface area (Å²) in [4.78, 5) is 6.41. The molecular weight excluding hydrogens is 314 g/mol. The molecule has 0 bridgehead atoms. The van der Waals surface area contributed by atoms with Crippen LogP contribution in [0.3, 0.4) is 0 Å². The summed E-state index contributed by atoms with van der Waals surface area (Å²) in [7, 11) is 1.91. The topological polar surface area (TPSA) is 63.2 Å². The standard InChI is InChI=1S/C19H21N5O/c1-14(2)25-17-11-9-15(10-12-17)21-18-13-20-23-19(22-18)24(3)16-7-5-4-6-8-16/h4-14H,1-3H3,(H,21,22,23). The Morgan fingerprint density at radius 1 is 1.00 bits per heavy atom. The number of nitrogens with zero attached hydrogens (tertiary/aromatic N) is 4. The zero-order chi connectivity index (χ0) is 17.6. The van der Waals surface area contributed by atoms with E-state index in [2.05, 4.69) is 20.5 Å². The minimum atomic E-state index is 0.154. The second kappa shape index (κ2) is 7.61. The van der Waals surface area contributed by atoms with E-state index in [0.29, 0.717) is 11.8 Å². The van der Waals surface area contributed by atoms with E-state index in [9.17, 15) is 0 Å². The van der Waals surface area contributed by atoms with Gasteiger partial charge in [-0.05, 0) is 50.2 Å². The van der Waals surface area contributed by atoms with Gasteiger partial charge >= 0.3 is 0 Å². The van der Waals surface area contributed by atoms with Crippen LogP contribution in [0, 0.1) is 0 Å². The van der Waals surface area contributed by atoms with Gasteiger partial charge in [-0.1, -0.05) is 18.2 Å². The normalized spacial score (nSPS) is 10.6. The summed E-state index contributed by atoms with van der Waals surface area (Å²) >= 11 is 0. The molecule has 0 fully saturated rings. The van der Waals surface area contributed by atoms with Crippen molar-refractivity contribution in [3.05, 3.63) is 60.8 Å². The van der Waals surface area contributed by atoms with Crippen LogP contribution in [0.25, 0.3) is 0 Å². The van der Waals surface area contributed by atoms with Gasteiger partial charge in [0.25, 0.3) is 5.95 Å². The number of hydrogen-bond donors (Lipinski definition) is 1. The first-order valence-electron chi connectivity index (χ1n) is 8.14. The Labute approximate surface area is 147 Å². The van der Waals surface area contributed by atoms with Gasteiger partial charge in [0.2, 0.25) is 0 Å². The van der Waals surface area contributed by atoms with Crippen molar-refractivity contribution >= 4 is 23.1 Å². The van der Waals surface area contributed by atoms with Crippen LogP contribution in [0.4, 0.5) is 23.1 Å². The summed E-state index contributed by atoms with van der Waals surface area (Å²) in [6, 6.07) is 17.7. The van der Waals surface area contributed by atoms with Crippen LogP contribution in [-0.4, -0.2) is 28.3 Å². The highest BCUT2D eigenvalue weighted by atomic mass is 16.5. The second-order valence-electron chi connectivity index (χ2n) is 5.85. The van der Waals surface area contributed by atoms with E-state index in [-0.39, 0.29) is 6.10 Å². The average Bonchev–Trinajstić information content (AvgIpc) is 2.63. The lowest BCUT2D eigenvalue weighted by Crippen LogP contribution is -2.14. The van der Waals surface area contributed by atoms with E-state index >= 15 is 0 Å². The molecule has 0 aliphatic heterocycles. The maximum atomic E-state index is 5.65. The number of para-hydroxylation sites is 1. The van der Waals surface area contributed by atoms with Crippen LogP contribution in [-0.2, 0) is 0 Å². The molecule has 25 heavy (non-hydrogen) atoms. The van der Waals surface area contributed by atoms with E-state index in [1.54, 1.807) is 6.20 Å². The zero-order valence-corrected chi connectivity index (χ0v) is 14.5. The first-order chi connectivity index (χ1) is 12.1. The molecule has 2 aromatic carbocycles. The predicted molar refractivity (Wildman–Crippen MR) is 99.8 cm³/mol. The maximum Gasteiger partial charge on any atom is 0.251 e. The van der Waals surface area contributed by atoms with Crippen molar-refractivity contribution in [2.75, 3.05) is 17.3 Å². The van der Waals surface area contributed by atoms with Gasteiger partial charge < -0.3 is 15.0 Å². The third-order valence-corrected chi connectivity index (χ3v) is 3.49. The van der Waals surface area contributed by atoms with Crippen LogP contribution in [0.2, 0.25) is 0 Å². The molecule has 0 saturated carbocycles. The number of rotatable bonds is 6. The molecule has 0 atom stereocenters. The Kier molecular flexibility index (Phi) is 5.09. The Morgan fingerprint density at radius 2 is 1.72 bits per heavy atom. The Morgan fingerprint density at radius 3 is 2.40 bits per heavy atom. The number of anilines is 4. The van der Waals surface area contributed by atoms with Crippen molar-refractivity contribution in [3.63, 3.8) is 0 Å². The summed E-state index contributed by atoms with van der Waals surface area (Å²) in [6.45, 7) is 4.01. The fourth-order valence-electron chi connectivity index (χ4n) is 2.30. The average molecular weight is 335 g/mol. The van der Waals surface area contributed by atoms with Gasteiger partial charge in [-0.25, -0.2) is 0 Å². The van der Waals surface area contributed by atoms with Crippen molar-refractivity contribution in [1.82, 2.24) is 15.2 Å². The predicted octanol–water partition coefficient (Wildman–Crippen LogP) is 4.17. The minimum Gasteiger partial charge on any atom is -0.491 e. The van der Waals surface area contributed by atoms with Gasteiger partial charge in [0.1, 0.15) is 5.75 Å². The highest BCUT2D eigenvalue weighted by Crippen LogP contribution is 2.22. The van der Waals surface area contributed by atoms with Gasteiger partial charge in [-0.2, -0.15) is 10.1 Å². The van der Waals surface area contributed by atoms with E-state index in [0.717, 1.165) is 17.1 Å². The summed E-state index contributed by atoms with van der Waals surface area (Å²) in [5.41, 5.74) is 1.90. The summed E-state index contributed by atoms with van der Waals surface area (Å²) < 4.78 is 5.65. The first-order valence-corrected chi connectivity index (χ1v) is 8.14. The van der Waals surface area contributed by atoms with E-state index < -0.39 is 0 Å². The Balaban J connectivity index is 1.73. The van der Waals surface area contributed by atoms with Crippen LogP contribution >= 0.6 is 0 Å². The largest absolute Gasteiger partial charge is 0.491 e. The molecule has 0 spiro atoms. The van der Waals surface area contributed by atoms with Gasteiger partial charge in [0.05, 0.1) is 12.3 Å².